The zero-order valence-electron chi connectivity index (χ0n) is 14.8. The standard InChI is InChI=1S/C22H22N2OS/c1-15-7-8-18-19(14-26-20(18)13-15)22(25)24-21(16-5-3-2-4-6-16)17-9-11-23-12-10-17/h2-6,9-12,14-15,21H,7-8,13H2,1H3,(H,24,25). The van der Waals surface area contributed by atoms with Gasteiger partial charge >= 0.3 is 0 Å². The molecule has 1 amide bonds. The maximum atomic E-state index is 13.1. The van der Waals surface area contributed by atoms with Crippen molar-refractivity contribution in [2.24, 2.45) is 5.92 Å². The lowest BCUT2D eigenvalue weighted by Gasteiger charge is -2.22. The molecule has 2 aromatic heterocycles. The van der Waals surface area contributed by atoms with E-state index < -0.39 is 0 Å². The second kappa shape index (κ2) is 7.42. The summed E-state index contributed by atoms with van der Waals surface area (Å²) < 4.78 is 0. The number of nitrogens with one attached hydrogen (secondary N) is 1. The van der Waals surface area contributed by atoms with Gasteiger partial charge in [-0.15, -0.1) is 11.3 Å². The number of nitrogens with zero attached hydrogens (tertiary/aromatic N) is 1. The van der Waals surface area contributed by atoms with E-state index in [2.05, 4.69) is 29.4 Å². The zero-order valence-corrected chi connectivity index (χ0v) is 15.6. The third kappa shape index (κ3) is 3.42. The molecule has 0 fully saturated rings. The Kier molecular flexibility index (Phi) is 4.85. The smallest absolute Gasteiger partial charge is 0.253 e. The fraction of sp³-hybridized carbons (Fsp3) is 0.273. The van der Waals surface area contributed by atoms with Gasteiger partial charge in [0, 0.05) is 22.7 Å². The van der Waals surface area contributed by atoms with Crippen LogP contribution in [0.25, 0.3) is 0 Å². The Hall–Kier alpha value is -2.46. The van der Waals surface area contributed by atoms with Gasteiger partial charge in [-0.3, -0.25) is 9.78 Å². The Labute approximate surface area is 158 Å². The minimum Gasteiger partial charge on any atom is -0.341 e. The van der Waals surface area contributed by atoms with E-state index in [0.717, 1.165) is 36.0 Å². The molecule has 2 heterocycles. The number of aromatic nitrogens is 1. The van der Waals surface area contributed by atoms with Crippen molar-refractivity contribution < 1.29 is 4.79 Å². The third-order valence-corrected chi connectivity index (χ3v) is 6.15. The SMILES string of the molecule is CC1CCc2c(C(=O)NC(c3ccccc3)c3ccncc3)csc2C1. The molecule has 2 unspecified atom stereocenters. The van der Waals surface area contributed by atoms with Crippen LogP contribution in [0.1, 0.15) is 51.3 Å². The third-order valence-electron chi connectivity index (χ3n) is 5.09. The van der Waals surface area contributed by atoms with E-state index in [4.69, 9.17) is 0 Å². The van der Waals surface area contributed by atoms with Crippen molar-refractivity contribution in [3.05, 3.63) is 87.4 Å². The summed E-state index contributed by atoms with van der Waals surface area (Å²) in [6, 6.07) is 13.8. The van der Waals surface area contributed by atoms with Crippen molar-refractivity contribution >= 4 is 17.2 Å². The molecule has 0 saturated heterocycles. The molecule has 0 spiro atoms. The number of carbonyl (C=O) groups is 1. The molecule has 1 aliphatic carbocycles. The van der Waals surface area contributed by atoms with Gasteiger partial charge in [0.2, 0.25) is 0 Å². The van der Waals surface area contributed by atoms with Crippen LogP contribution in [-0.4, -0.2) is 10.9 Å². The van der Waals surface area contributed by atoms with E-state index >= 15 is 0 Å². The number of pyridine rings is 1. The van der Waals surface area contributed by atoms with E-state index in [9.17, 15) is 4.79 Å². The number of thiophene rings is 1. The van der Waals surface area contributed by atoms with Crippen molar-refractivity contribution in [3.8, 4) is 0 Å². The summed E-state index contributed by atoms with van der Waals surface area (Å²) in [7, 11) is 0. The molecule has 0 aliphatic heterocycles. The Bertz CT molecular complexity index is 850. The van der Waals surface area contributed by atoms with Crippen molar-refractivity contribution in [2.45, 2.75) is 32.2 Å². The minimum atomic E-state index is -0.176. The van der Waals surface area contributed by atoms with Gasteiger partial charge in [0.25, 0.3) is 5.91 Å². The van der Waals surface area contributed by atoms with E-state index in [1.165, 1.54) is 10.4 Å². The number of hydrogen-bond donors (Lipinski definition) is 1. The van der Waals surface area contributed by atoms with Gasteiger partial charge in [0.1, 0.15) is 0 Å². The second-order valence-electron chi connectivity index (χ2n) is 7.00. The molecular formula is C22H22N2OS. The molecule has 132 valence electrons. The fourth-order valence-corrected chi connectivity index (χ4v) is 4.88. The first kappa shape index (κ1) is 17.0. The molecule has 26 heavy (non-hydrogen) atoms. The van der Waals surface area contributed by atoms with Crippen LogP contribution >= 0.6 is 11.3 Å². The molecule has 1 N–H and O–H groups in total. The normalized spacial score (nSPS) is 17.3. The first-order valence-corrected chi connectivity index (χ1v) is 9.95. The average Bonchev–Trinajstić information content (AvgIpc) is 3.10. The van der Waals surface area contributed by atoms with Crippen LogP contribution in [0, 0.1) is 5.92 Å². The molecule has 0 radical (unpaired) electrons. The molecule has 3 aromatic rings. The first-order valence-electron chi connectivity index (χ1n) is 9.07. The van der Waals surface area contributed by atoms with Gasteiger partial charge in [-0.1, -0.05) is 37.3 Å². The van der Waals surface area contributed by atoms with Gasteiger partial charge in [-0.2, -0.15) is 0 Å². The summed E-state index contributed by atoms with van der Waals surface area (Å²) in [4.78, 5) is 18.6. The van der Waals surface area contributed by atoms with E-state index in [1.54, 1.807) is 23.7 Å². The number of amides is 1. The van der Waals surface area contributed by atoms with Gasteiger partial charge < -0.3 is 5.32 Å². The largest absolute Gasteiger partial charge is 0.341 e. The molecule has 0 saturated carbocycles. The highest BCUT2D eigenvalue weighted by atomic mass is 32.1. The average molecular weight is 362 g/mol. The Morgan fingerprint density at radius 3 is 2.65 bits per heavy atom. The van der Waals surface area contributed by atoms with Crippen LogP contribution in [-0.2, 0) is 12.8 Å². The van der Waals surface area contributed by atoms with Gasteiger partial charge in [-0.25, -0.2) is 0 Å². The lowest BCUT2D eigenvalue weighted by molar-refractivity contribution is 0.0942. The zero-order chi connectivity index (χ0) is 17.9. The van der Waals surface area contributed by atoms with Crippen LogP contribution in [0.2, 0.25) is 0 Å². The summed E-state index contributed by atoms with van der Waals surface area (Å²) in [5, 5.41) is 5.29. The fourth-order valence-electron chi connectivity index (χ4n) is 3.64. The molecule has 1 aromatic carbocycles. The molecular weight excluding hydrogens is 340 g/mol. The van der Waals surface area contributed by atoms with Gasteiger partial charge in [0.15, 0.2) is 0 Å². The predicted octanol–water partition coefficient (Wildman–Crippen LogP) is 4.79. The molecule has 2 atom stereocenters. The Morgan fingerprint density at radius 1 is 1.15 bits per heavy atom. The number of fused-ring (bicyclic) bond motifs is 1. The summed E-state index contributed by atoms with van der Waals surface area (Å²) in [5.74, 6) is 0.730. The molecule has 4 rings (SSSR count). The summed E-state index contributed by atoms with van der Waals surface area (Å²) in [5.41, 5.74) is 4.22. The molecule has 4 heteroatoms. The highest BCUT2D eigenvalue weighted by molar-refractivity contribution is 7.10. The molecule has 1 aliphatic rings. The lowest BCUT2D eigenvalue weighted by atomic mass is 9.88. The van der Waals surface area contributed by atoms with E-state index in [1.807, 2.05) is 35.7 Å². The Balaban J connectivity index is 1.63. The van der Waals surface area contributed by atoms with E-state index in [0.29, 0.717) is 5.92 Å². The van der Waals surface area contributed by atoms with Crippen LogP contribution < -0.4 is 5.32 Å². The quantitative estimate of drug-likeness (QED) is 0.725. The highest BCUT2D eigenvalue weighted by Gasteiger charge is 2.25. The predicted molar refractivity (Wildman–Crippen MR) is 105 cm³/mol. The van der Waals surface area contributed by atoms with Gasteiger partial charge in [-0.05, 0) is 54.0 Å². The second-order valence-corrected chi connectivity index (χ2v) is 7.96. The highest BCUT2D eigenvalue weighted by Crippen LogP contribution is 2.33. The molecule has 3 nitrogen and oxygen atoms in total. The van der Waals surface area contributed by atoms with Crippen molar-refractivity contribution in [1.82, 2.24) is 10.3 Å². The number of hydrogen-bond acceptors (Lipinski definition) is 3. The summed E-state index contributed by atoms with van der Waals surface area (Å²) in [6.07, 6.45) is 6.81. The lowest BCUT2D eigenvalue weighted by Crippen LogP contribution is -2.30. The van der Waals surface area contributed by atoms with Crippen LogP contribution in [0.15, 0.2) is 60.2 Å². The van der Waals surface area contributed by atoms with Gasteiger partial charge in [0.05, 0.1) is 11.6 Å². The van der Waals surface area contributed by atoms with Crippen LogP contribution in [0.4, 0.5) is 0 Å². The van der Waals surface area contributed by atoms with E-state index in [-0.39, 0.29) is 11.9 Å². The topological polar surface area (TPSA) is 42.0 Å². The van der Waals surface area contributed by atoms with Crippen molar-refractivity contribution in [1.29, 1.82) is 0 Å². The minimum absolute atomic E-state index is 0.0164. The Morgan fingerprint density at radius 2 is 1.88 bits per heavy atom. The van der Waals surface area contributed by atoms with Crippen molar-refractivity contribution in [2.75, 3.05) is 0 Å². The number of carbonyl (C=O) groups excluding carboxylic acids is 1. The molecule has 0 bridgehead atoms. The van der Waals surface area contributed by atoms with Crippen LogP contribution in [0.5, 0.6) is 0 Å². The number of benzene rings is 1. The first-order chi connectivity index (χ1) is 12.7. The summed E-state index contributed by atoms with van der Waals surface area (Å²) >= 11 is 1.73. The monoisotopic (exact) mass is 362 g/mol. The number of rotatable bonds is 4. The van der Waals surface area contributed by atoms with Crippen LogP contribution in [0.3, 0.4) is 0 Å². The maximum absolute atomic E-state index is 13.1. The maximum Gasteiger partial charge on any atom is 0.253 e. The van der Waals surface area contributed by atoms with Crippen molar-refractivity contribution in [3.63, 3.8) is 0 Å². The summed E-state index contributed by atoms with van der Waals surface area (Å²) in [6.45, 7) is 2.29.